The summed E-state index contributed by atoms with van der Waals surface area (Å²) in [6, 6.07) is 3.76. The van der Waals surface area contributed by atoms with E-state index in [-0.39, 0.29) is 18.5 Å². The summed E-state index contributed by atoms with van der Waals surface area (Å²) in [5.41, 5.74) is 0. The average Bonchev–Trinajstić information content (AvgIpc) is 2.87. The predicted molar refractivity (Wildman–Crippen MR) is 61.1 cm³/mol. The number of hydrogen-bond acceptors (Lipinski definition) is 4. The minimum Gasteiger partial charge on any atom is -0.329 e. The van der Waals surface area contributed by atoms with Crippen molar-refractivity contribution < 1.29 is 9.59 Å². The molecule has 2 N–H and O–H groups in total. The third kappa shape index (κ3) is 2.59. The van der Waals surface area contributed by atoms with Crippen LogP contribution in [-0.4, -0.2) is 36.5 Å². The van der Waals surface area contributed by atoms with E-state index >= 15 is 0 Å². The molecule has 1 aromatic heterocycles. The van der Waals surface area contributed by atoms with Gasteiger partial charge in [-0.25, -0.2) is 4.79 Å². The molecule has 1 saturated heterocycles. The molecule has 0 saturated carbocycles. The number of hydrogen-bond donors (Lipinski definition) is 2. The number of nitrogens with zero attached hydrogens (tertiary/aromatic N) is 1. The highest BCUT2D eigenvalue weighted by Gasteiger charge is 2.27. The molecule has 0 atom stereocenters. The van der Waals surface area contributed by atoms with Crippen molar-refractivity contribution in [1.82, 2.24) is 15.5 Å². The first-order chi connectivity index (χ1) is 7.77. The van der Waals surface area contributed by atoms with Crippen molar-refractivity contribution in [2.24, 2.45) is 0 Å². The van der Waals surface area contributed by atoms with Crippen molar-refractivity contribution in [3.05, 3.63) is 22.4 Å². The number of urea groups is 1. The largest absolute Gasteiger partial charge is 0.329 e. The van der Waals surface area contributed by atoms with Gasteiger partial charge in [0.2, 0.25) is 5.91 Å². The normalized spacial score (nSPS) is 15.6. The Bertz CT molecular complexity index is 361. The Labute approximate surface area is 97.4 Å². The van der Waals surface area contributed by atoms with E-state index in [1.165, 1.54) is 9.78 Å². The molecule has 16 heavy (non-hydrogen) atoms. The molecular formula is C10H13N3O2S. The molecule has 2 rings (SSSR count). The van der Waals surface area contributed by atoms with Crippen LogP contribution in [-0.2, 0) is 11.3 Å². The second kappa shape index (κ2) is 5.09. The van der Waals surface area contributed by atoms with Gasteiger partial charge in [0.25, 0.3) is 0 Å². The van der Waals surface area contributed by atoms with Crippen molar-refractivity contribution in [1.29, 1.82) is 0 Å². The summed E-state index contributed by atoms with van der Waals surface area (Å²) >= 11 is 1.68. The van der Waals surface area contributed by atoms with Crippen LogP contribution in [0.1, 0.15) is 4.88 Å². The fraction of sp³-hybridized carbons (Fsp3) is 0.400. The number of carbonyl (C=O) groups excluding carboxylic acids is 2. The van der Waals surface area contributed by atoms with Crippen LogP contribution in [0.15, 0.2) is 17.5 Å². The fourth-order valence-corrected chi connectivity index (χ4v) is 2.17. The van der Waals surface area contributed by atoms with Crippen LogP contribution in [0, 0.1) is 0 Å². The maximum absolute atomic E-state index is 11.2. The highest BCUT2D eigenvalue weighted by Crippen LogP contribution is 2.07. The lowest BCUT2D eigenvalue weighted by Crippen LogP contribution is -2.36. The summed E-state index contributed by atoms with van der Waals surface area (Å²) in [6.07, 6.45) is 0. The lowest BCUT2D eigenvalue weighted by atomic mass is 10.4. The van der Waals surface area contributed by atoms with Crippen LogP contribution in [0.3, 0.4) is 0 Å². The van der Waals surface area contributed by atoms with Gasteiger partial charge in [0.15, 0.2) is 0 Å². The number of nitrogens with one attached hydrogen (secondary N) is 2. The maximum atomic E-state index is 11.2. The third-order valence-electron chi connectivity index (χ3n) is 2.33. The van der Waals surface area contributed by atoms with Crippen LogP contribution in [0.25, 0.3) is 0 Å². The lowest BCUT2D eigenvalue weighted by molar-refractivity contribution is -0.124. The molecule has 1 aliphatic rings. The zero-order chi connectivity index (χ0) is 11.4. The molecule has 86 valence electrons. The van der Waals surface area contributed by atoms with Gasteiger partial charge in [0, 0.05) is 24.5 Å². The lowest BCUT2D eigenvalue weighted by Gasteiger charge is -2.12. The molecule has 0 aromatic carbocycles. The zero-order valence-corrected chi connectivity index (χ0v) is 9.55. The van der Waals surface area contributed by atoms with Gasteiger partial charge in [-0.15, -0.1) is 11.3 Å². The van der Waals surface area contributed by atoms with E-state index in [4.69, 9.17) is 0 Å². The first-order valence-corrected chi connectivity index (χ1v) is 5.96. The average molecular weight is 239 g/mol. The molecule has 1 aliphatic heterocycles. The Hall–Kier alpha value is -1.40. The number of carbonyl (C=O) groups is 2. The Kier molecular flexibility index (Phi) is 3.53. The Morgan fingerprint density at radius 3 is 3.00 bits per heavy atom. The first kappa shape index (κ1) is 11.1. The van der Waals surface area contributed by atoms with E-state index in [0.717, 1.165) is 6.54 Å². The molecule has 2 heterocycles. The molecule has 5 nitrogen and oxygen atoms in total. The van der Waals surface area contributed by atoms with E-state index in [1.807, 2.05) is 17.5 Å². The topological polar surface area (TPSA) is 61.4 Å². The quantitative estimate of drug-likeness (QED) is 0.577. The van der Waals surface area contributed by atoms with Crippen LogP contribution < -0.4 is 10.6 Å². The highest BCUT2D eigenvalue weighted by atomic mass is 32.1. The molecule has 1 aromatic rings. The van der Waals surface area contributed by atoms with Gasteiger partial charge in [-0.1, -0.05) is 6.07 Å². The first-order valence-electron chi connectivity index (χ1n) is 5.08. The van der Waals surface area contributed by atoms with Crippen molar-refractivity contribution in [3.8, 4) is 0 Å². The summed E-state index contributed by atoms with van der Waals surface area (Å²) in [7, 11) is 0. The van der Waals surface area contributed by atoms with E-state index in [9.17, 15) is 9.59 Å². The van der Waals surface area contributed by atoms with E-state index in [1.54, 1.807) is 11.3 Å². The number of thiophene rings is 1. The Morgan fingerprint density at radius 1 is 1.50 bits per heavy atom. The number of rotatable bonds is 5. The van der Waals surface area contributed by atoms with E-state index in [0.29, 0.717) is 13.1 Å². The van der Waals surface area contributed by atoms with E-state index < -0.39 is 0 Å². The Morgan fingerprint density at radius 2 is 2.38 bits per heavy atom. The van der Waals surface area contributed by atoms with Crippen molar-refractivity contribution in [3.63, 3.8) is 0 Å². The zero-order valence-electron chi connectivity index (χ0n) is 8.73. The predicted octanol–water partition coefficient (Wildman–Crippen LogP) is 0.390. The molecule has 0 aliphatic carbocycles. The van der Waals surface area contributed by atoms with Crippen LogP contribution >= 0.6 is 11.3 Å². The standard InChI is InChI=1S/C10H13N3O2S/c14-9-7-12-10(15)13(9)4-3-11-6-8-2-1-5-16-8/h1-2,5,11H,3-4,6-7H2,(H,12,15). The number of amides is 3. The van der Waals surface area contributed by atoms with Crippen molar-refractivity contribution >= 4 is 23.3 Å². The third-order valence-corrected chi connectivity index (χ3v) is 3.20. The molecule has 3 amide bonds. The van der Waals surface area contributed by atoms with Crippen molar-refractivity contribution in [2.45, 2.75) is 6.54 Å². The molecule has 0 unspecified atom stereocenters. The van der Waals surface area contributed by atoms with Crippen molar-refractivity contribution in [2.75, 3.05) is 19.6 Å². The molecule has 0 radical (unpaired) electrons. The second-order valence-corrected chi connectivity index (χ2v) is 4.49. The SMILES string of the molecule is O=C1CNC(=O)N1CCNCc1cccs1. The molecule has 6 heteroatoms. The Balaban J connectivity index is 1.68. The summed E-state index contributed by atoms with van der Waals surface area (Å²) in [5.74, 6) is -0.150. The summed E-state index contributed by atoms with van der Waals surface area (Å²) in [5, 5.41) is 7.70. The monoisotopic (exact) mass is 239 g/mol. The van der Waals surface area contributed by atoms with Crippen LogP contribution in [0.4, 0.5) is 4.79 Å². The molecular weight excluding hydrogens is 226 g/mol. The second-order valence-electron chi connectivity index (χ2n) is 3.46. The summed E-state index contributed by atoms with van der Waals surface area (Å²) in [6.45, 7) is 1.96. The molecule has 0 bridgehead atoms. The van der Waals surface area contributed by atoms with Gasteiger partial charge in [-0.05, 0) is 11.4 Å². The van der Waals surface area contributed by atoms with Gasteiger partial charge in [0.05, 0.1) is 6.54 Å². The summed E-state index contributed by atoms with van der Waals surface area (Å²) in [4.78, 5) is 24.9. The molecule has 0 spiro atoms. The van der Waals surface area contributed by atoms with Gasteiger partial charge < -0.3 is 10.6 Å². The van der Waals surface area contributed by atoms with Gasteiger partial charge >= 0.3 is 6.03 Å². The minimum atomic E-state index is -0.289. The highest BCUT2D eigenvalue weighted by molar-refractivity contribution is 7.09. The number of imide groups is 1. The molecule has 1 fully saturated rings. The van der Waals surface area contributed by atoms with Crippen LogP contribution in [0.5, 0.6) is 0 Å². The maximum Gasteiger partial charge on any atom is 0.324 e. The minimum absolute atomic E-state index is 0.129. The smallest absolute Gasteiger partial charge is 0.324 e. The van der Waals surface area contributed by atoms with Gasteiger partial charge in [0.1, 0.15) is 0 Å². The summed E-state index contributed by atoms with van der Waals surface area (Å²) < 4.78 is 0. The van der Waals surface area contributed by atoms with Crippen LogP contribution in [0.2, 0.25) is 0 Å². The van der Waals surface area contributed by atoms with E-state index in [2.05, 4.69) is 10.6 Å². The van der Waals surface area contributed by atoms with Gasteiger partial charge in [-0.2, -0.15) is 0 Å². The van der Waals surface area contributed by atoms with Gasteiger partial charge in [-0.3, -0.25) is 9.69 Å². The fourth-order valence-electron chi connectivity index (χ4n) is 1.50.